The Balaban J connectivity index is 2.00. The van der Waals surface area contributed by atoms with E-state index in [1.165, 1.54) is 6.07 Å². The molecule has 1 fully saturated rings. The van der Waals surface area contributed by atoms with Crippen molar-refractivity contribution in [1.82, 2.24) is 4.90 Å². The minimum atomic E-state index is -3.32. The number of benzene rings is 1. The Kier molecular flexibility index (Phi) is 5.02. The summed E-state index contributed by atoms with van der Waals surface area (Å²) in [7, 11) is -3.32. The van der Waals surface area contributed by atoms with Crippen LogP contribution in [0.3, 0.4) is 0 Å². The summed E-state index contributed by atoms with van der Waals surface area (Å²) in [6.07, 6.45) is 1.13. The number of piperidine rings is 1. The molecule has 0 N–H and O–H groups in total. The molecule has 1 aliphatic heterocycles. The summed E-state index contributed by atoms with van der Waals surface area (Å²) in [5.74, 6) is 1.44. The lowest BCUT2D eigenvalue weighted by Crippen LogP contribution is -2.40. The second kappa shape index (κ2) is 6.59. The number of hydrogen-bond donors (Lipinski definition) is 0. The van der Waals surface area contributed by atoms with Gasteiger partial charge in [0, 0.05) is 13.1 Å². The van der Waals surface area contributed by atoms with Crippen LogP contribution in [0.15, 0.2) is 29.2 Å². The zero-order valence-electron chi connectivity index (χ0n) is 12.6. The highest BCUT2D eigenvalue weighted by Gasteiger charge is 2.24. The first-order valence-corrected chi connectivity index (χ1v) is 9.03. The smallest absolute Gasteiger partial charge is 0.179 e. The molecular weight excluding hydrogens is 284 g/mol. The van der Waals surface area contributed by atoms with E-state index >= 15 is 0 Å². The van der Waals surface area contributed by atoms with Gasteiger partial charge in [0.1, 0.15) is 0 Å². The second-order valence-corrected chi connectivity index (χ2v) is 8.11. The van der Waals surface area contributed by atoms with E-state index in [4.69, 9.17) is 5.26 Å². The van der Waals surface area contributed by atoms with Gasteiger partial charge < -0.3 is 4.90 Å². The SMILES string of the molecule is CC1CCN(CCS(=O)(=O)c2cccc(C#N)c2)CC1C. The first kappa shape index (κ1) is 16.0. The molecule has 4 nitrogen and oxygen atoms in total. The quantitative estimate of drug-likeness (QED) is 0.856. The Morgan fingerprint density at radius 1 is 1.33 bits per heavy atom. The average molecular weight is 306 g/mol. The molecule has 1 saturated heterocycles. The first-order chi connectivity index (χ1) is 9.92. The van der Waals surface area contributed by atoms with Crippen LogP contribution in [0.4, 0.5) is 0 Å². The van der Waals surface area contributed by atoms with E-state index in [9.17, 15) is 8.42 Å². The molecule has 0 saturated carbocycles. The molecule has 21 heavy (non-hydrogen) atoms. The minimum absolute atomic E-state index is 0.114. The third-order valence-electron chi connectivity index (χ3n) is 4.42. The van der Waals surface area contributed by atoms with Crippen molar-refractivity contribution in [2.24, 2.45) is 11.8 Å². The van der Waals surface area contributed by atoms with Crippen molar-refractivity contribution < 1.29 is 8.42 Å². The average Bonchev–Trinajstić information content (AvgIpc) is 2.48. The Morgan fingerprint density at radius 2 is 2.10 bits per heavy atom. The molecule has 0 aromatic heterocycles. The standard InChI is InChI=1S/C16H22N2O2S/c1-13-6-7-18(12-14(13)2)8-9-21(19,20)16-5-3-4-15(10-16)11-17/h3-5,10,13-14H,6-9,12H2,1-2H3. The third kappa shape index (κ3) is 4.05. The van der Waals surface area contributed by atoms with Crippen molar-refractivity contribution >= 4 is 9.84 Å². The highest BCUT2D eigenvalue weighted by molar-refractivity contribution is 7.91. The van der Waals surface area contributed by atoms with Crippen molar-refractivity contribution in [3.05, 3.63) is 29.8 Å². The molecule has 0 aliphatic carbocycles. The van der Waals surface area contributed by atoms with Crippen LogP contribution in [0.5, 0.6) is 0 Å². The van der Waals surface area contributed by atoms with Gasteiger partial charge in [0.2, 0.25) is 0 Å². The number of sulfone groups is 1. The van der Waals surface area contributed by atoms with Crippen LogP contribution >= 0.6 is 0 Å². The predicted molar refractivity (Wildman–Crippen MR) is 82.6 cm³/mol. The molecule has 1 aliphatic rings. The first-order valence-electron chi connectivity index (χ1n) is 7.37. The van der Waals surface area contributed by atoms with Crippen LogP contribution in [0.2, 0.25) is 0 Å². The zero-order valence-corrected chi connectivity index (χ0v) is 13.4. The van der Waals surface area contributed by atoms with Gasteiger partial charge in [-0.25, -0.2) is 8.42 Å². The number of nitriles is 1. The Labute approximate surface area is 127 Å². The lowest BCUT2D eigenvalue weighted by atomic mass is 9.89. The summed E-state index contributed by atoms with van der Waals surface area (Å²) in [5, 5.41) is 8.86. The van der Waals surface area contributed by atoms with Crippen molar-refractivity contribution in [2.75, 3.05) is 25.4 Å². The third-order valence-corrected chi connectivity index (χ3v) is 6.11. The summed E-state index contributed by atoms with van der Waals surface area (Å²) in [5.41, 5.74) is 0.386. The lowest BCUT2D eigenvalue weighted by Gasteiger charge is -2.35. The Hall–Kier alpha value is -1.38. The zero-order chi connectivity index (χ0) is 15.5. The van der Waals surface area contributed by atoms with E-state index in [2.05, 4.69) is 18.7 Å². The monoisotopic (exact) mass is 306 g/mol. The van der Waals surface area contributed by atoms with E-state index < -0.39 is 9.84 Å². The van der Waals surface area contributed by atoms with Gasteiger partial charge in [-0.05, 0) is 43.0 Å². The molecule has 0 spiro atoms. The fourth-order valence-corrected chi connectivity index (χ4v) is 4.01. The van der Waals surface area contributed by atoms with Gasteiger partial charge >= 0.3 is 0 Å². The largest absolute Gasteiger partial charge is 0.302 e. The van der Waals surface area contributed by atoms with Gasteiger partial charge in [-0.1, -0.05) is 19.9 Å². The molecule has 2 atom stereocenters. The number of rotatable bonds is 4. The normalized spacial score (nSPS) is 23.7. The molecule has 0 bridgehead atoms. The van der Waals surface area contributed by atoms with Crippen molar-refractivity contribution in [2.45, 2.75) is 25.2 Å². The van der Waals surface area contributed by atoms with E-state index in [1.54, 1.807) is 18.2 Å². The van der Waals surface area contributed by atoms with Gasteiger partial charge in [-0.2, -0.15) is 5.26 Å². The van der Waals surface area contributed by atoms with Gasteiger partial charge in [-0.3, -0.25) is 0 Å². The van der Waals surface area contributed by atoms with Crippen LogP contribution in [0, 0.1) is 23.2 Å². The van der Waals surface area contributed by atoms with Gasteiger partial charge in [0.05, 0.1) is 22.3 Å². The second-order valence-electron chi connectivity index (χ2n) is 6.00. The Morgan fingerprint density at radius 3 is 2.76 bits per heavy atom. The maximum absolute atomic E-state index is 12.4. The van der Waals surface area contributed by atoms with E-state index in [0.29, 0.717) is 23.9 Å². The van der Waals surface area contributed by atoms with Crippen LogP contribution in [-0.4, -0.2) is 38.7 Å². The number of likely N-dealkylation sites (tertiary alicyclic amines) is 1. The highest BCUT2D eigenvalue weighted by atomic mass is 32.2. The number of hydrogen-bond acceptors (Lipinski definition) is 4. The van der Waals surface area contributed by atoms with Gasteiger partial charge in [0.25, 0.3) is 0 Å². The molecular formula is C16H22N2O2S. The molecule has 1 aromatic carbocycles. The molecule has 5 heteroatoms. The van der Waals surface area contributed by atoms with Crippen LogP contribution in [0.1, 0.15) is 25.8 Å². The van der Waals surface area contributed by atoms with Gasteiger partial charge in [-0.15, -0.1) is 0 Å². The maximum Gasteiger partial charge on any atom is 0.179 e. The van der Waals surface area contributed by atoms with E-state index in [1.807, 2.05) is 6.07 Å². The Bertz CT molecular complexity index is 634. The summed E-state index contributed by atoms with van der Waals surface area (Å²) in [4.78, 5) is 2.48. The fourth-order valence-electron chi connectivity index (χ4n) is 2.68. The summed E-state index contributed by atoms with van der Waals surface area (Å²) < 4.78 is 24.7. The molecule has 1 aromatic rings. The summed E-state index contributed by atoms with van der Waals surface area (Å²) >= 11 is 0. The maximum atomic E-state index is 12.4. The van der Waals surface area contributed by atoms with Crippen molar-refractivity contribution in [1.29, 1.82) is 5.26 Å². The topological polar surface area (TPSA) is 61.2 Å². The number of nitrogens with zero attached hydrogens (tertiary/aromatic N) is 2. The van der Waals surface area contributed by atoms with Gasteiger partial charge in [0.15, 0.2) is 9.84 Å². The molecule has 114 valence electrons. The molecule has 2 unspecified atom stereocenters. The van der Waals surface area contributed by atoms with Crippen molar-refractivity contribution in [3.63, 3.8) is 0 Å². The molecule has 2 rings (SSSR count). The van der Waals surface area contributed by atoms with Crippen LogP contribution < -0.4 is 0 Å². The highest BCUT2D eigenvalue weighted by Crippen LogP contribution is 2.22. The molecule has 1 heterocycles. The fraction of sp³-hybridized carbons (Fsp3) is 0.562. The summed E-state index contributed by atoms with van der Waals surface area (Å²) in [6.45, 7) is 6.98. The van der Waals surface area contributed by atoms with E-state index in [0.717, 1.165) is 19.5 Å². The van der Waals surface area contributed by atoms with Crippen molar-refractivity contribution in [3.8, 4) is 6.07 Å². The predicted octanol–water partition coefficient (Wildman–Crippen LogP) is 2.31. The lowest BCUT2D eigenvalue weighted by molar-refractivity contribution is 0.145. The minimum Gasteiger partial charge on any atom is -0.302 e. The summed E-state index contributed by atoms with van der Waals surface area (Å²) in [6, 6.07) is 8.24. The van der Waals surface area contributed by atoms with Crippen LogP contribution in [0.25, 0.3) is 0 Å². The molecule has 0 amide bonds. The van der Waals surface area contributed by atoms with E-state index in [-0.39, 0.29) is 10.6 Å². The van der Waals surface area contributed by atoms with Crippen LogP contribution in [-0.2, 0) is 9.84 Å². The molecule has 0 radical (unpaired) electrons.